The predicted molar refractivity (Wildman–Crippen MR) is 80.4 cm³/mol. The highest BCUT2D eigenvalue weighted by atomic mass is 35.5. The van der Waals surface area contributed by atoms with Gasteiger partial charge in [-0.1, -0.05) is 0 Å². The van der Waals surface area contributed by atoms with Gasteiger partial charge in [-0.2, -0.15) is 0 Å². The minimum Gasteiger partial charge on any atom is -0.543 e. The molecule has 21 heavy (non-hydrogen) atoms. The van der Waals surface area contributed by atoms with Crippen molar-refractivity contribution in [2.24, 2.45) is 5.73 Å². The number of likely N-dealkylation sites (tertiary alicyclic amines) is 1. The number of β-lactam (4-membered cyclic amide) rings is 1. The standard InChI is InChI=1S/C13H19N3O3S.ClH/c1-16(4-2-3-5-16)6-8-7-20-12-9(14)11(17)15(12)10(8)13(18)19;/h9,12H,2-7,14H2,1H3;1H/t9-,12-;/m1./s1/i2D2,3D2,4D2,5D2;. The predicted octanol–water partition coefficient (Wildman–Crippen LogP) is -1.10. The van der Waals surface area contributed by atoms with Crippen molar-refractivity contribution >= 4 is 36.0 Å². The molecule has 0 saturated carbocycles. The molecule has 3 rings (SSSR count). The number of fused-ring (bicyclic) bond motifs is 1. The van der Waals surface area contributed by atoms with E-state index in [1.54, 1.807) is 0 Å². The molecule has 118 valence electrons. The zero-order valence-electron chi connectivity index (χ0n) is 19.1. The number of thioether (sulfide) groups is 1. The topological polar surface area (TPSA) is 86.5 Å². The number of likely N-dealkylation sites (N-methyl/N-ethyl adjacent to an activating group) is 1. The second-order valence-corrected chi connectivity index (χ2v) is 6.10. The molecule has 0 aromatic rings. The fraction of sp³-hybridized carbons (Fsp3) is 0.692. The Bertz CT molecular complexity index is 782. The minimum atomic E-state index is -3.21. The van der Waals surface area contributed by atoms with E-state index in [1.165, 1.54) is 0 Å². The highest BCUT2D eigenvalue weighted by molar-refractivity contribution is 8.00. The molecule has 0 radical (unpaired) electrons. The maximum Gasteiger partial charge on any atom is 0.248 e. The lowest BCUT2D eigenvalue weighted by Gasteiger charge is -2.50. The molecule has 0 aromatic heterocycles. The van der Waals surface area contributed by atoms with Crippen LogP contribution >= 0.6 is 24.2 Å². The van der Waals surface area contributed by atoms with Gasteiger partial charge < -0.3 is 20.1 Å². The van der Waals surface area contributed by atoms with E-state index in [0.717, 1.165) is 23.7 Å². The van der Waals surface area contributed by atoms with E-state index in [-0.39, 0.29) is 23.7 Å². The number of halogens is 1. The quantitative estimate of drug-likeness (QED) is 0.520. The summed E-state index contributed by atoms with van der Waals surface area (Å²) in [5, 5.41) is 11.1. The number of hydrogen-bond donors (Lipinski definition) is 1. The molecule has 1 amide bonds. The molecule has 0 unspecified atom stereocenters. The van der Waals surface area contributed by atoms with E-state index >= 15 is 0 Å². The number of nitrogens with zero attached hydrogens (tertiary/aromatic N) is 2. The Morgan fingerprint density at radius 1 is 1.57 bits per heavy atom. The van der Waals surface area contributed by atoms with Gasteiger partial charge in [0.1, 0.15) is 18.0 Å². The molecule has 3 aliphatic rings. The van der Waals surface area contributed by atoms with Crippen molar-refractivity contribution in [1.29, 1.82) is 0 Å². The summed E-state index contributed by atoms with van der Waals surface area (Å²) >= 11 is 1.12. The van der Waals surface area contributed by atoms with Crippen LogP contribution in [0.4, 0.5) is 0 Å². The Kier molecular flexibility index (Phi) is 2.42. The van der Waals surface area contributed by atoms with Gasteiger partial charge in [0, 0.05) is 29.6 Å². The average molecular weight is 342 g/mol. The van der Waals surface area contributed by atoms with E-state index in [2.05, 4.69) is 0 Å². The largest absolute Gasteiger partial charge is 0.543 e. The highest BCUT2D eigenvalue weighted by Crippen LogP contribution is 2.40. The summed E-state index contributed by atoms with van der Waals surface area (Å²) in [7, 11) is 1.00. The molecule has 0 bridgehead atoms. The van der Waals surface area contributed by atoms with Gasteiger partial charge in [-0.15, -0.1) is 24.2 Å². The molecular weight excluding hydrogens is 314 g/mol. The van der Waals surface area contributed by atoms with Crippen molar-refractivity contribution in [1.82, 2.24) is 4.90 Å². The van der Waals surface area contributed by atoms with Gasteiger partial charge in [-0.25, -0.2) is 0 Å². The third-order valence-electron chi connectivity index (χ3n) is 3.46. The molecular formula is C13H20ClN3O3S. The van der Waals surface area contributed by atoms with Gasteiger partial charge in [0.25, 0.3) is 0 Å². The van der Waals surface area contributed by atoms with Gasteiger partial charge in [-0.05, 0) is 0 Å². The molecule has 2 saturated heterocycles. The SMILES string of the molecule is Cl.[2H]C1([2H])C([2H])([2H])C([2H])([2H])[N+](C)(CC2=C(C(=O)[O-])N3C(=O)[C@@H](N)[C@H]3SC2)C1([2H])[2H]. The third kappa shape index (κ3) is 2.67. The number of nitrogens with two attached hydrogens (primary N) is 1. The molecule has 2 fully saturated rings. The minimum absolute atomic E-state index is 0. The summed E-state index contributed by atoms with van der Waals surface area (Å²) in [4.78, 5) is 24.6. The number of rotatable bonds is 3. The summed E-state index contributed by atoms with van der Waals surface area (Å²) in [5.41, 5.74) is 5.09. The Morgan fingerprint density at radius 3 is 2.76 bits per heavy atom. The molecule has 3 heterocycles. The second kappa shape index (κ2) is 5.79. The Labute approximate surface area is 145 Å². The summed E-state index contributed by atoms with van der Waals surface area (Å²) in [5.74, 6) is -2.38. The highest BCUT2D eigenvalue weighted by Gasteiger charge is 2.50. The summed E-state index contributed by atoms with van der Waals surface area (Å²) in [6.45, 7) is -6.75. The zero-order chi connectivity index (χ0) is 21.7. The van der Waals surface area contributed by atoms with Gasteiger partial charge in [-0.3, -0.25) is 9.69 Å². The van der Waals surface area contributed by atoms with Gasteiger partial charge in [0.15, 0.2) is 0 Å². The number of aliphatic carboxylic acids is 1. The monoisotopic (exact) mass is 341 g/mol. The van der Waals surface area contributed by atoms with Crippen LogP contribution in [-0.4, -0.2) is 65.0 Å². The first kappa shape index (κ1) is 8.76. The van der Waals surface area contributed by atoms with E-state index in [1.807, 2.05) is 0 Å². The molecule has 8 heteroatoms. The van der Waals surface area contributed by atoms with E-state index in [4.69, 9.17) is 16.7 Å². The number of carboxylic acids is 1. The van der Waals surface area contributed by atoms with Crippen LogP contribution in [0.2, 0.25) is 0 Å². The second-order valence-electron chi connectivity index (χ2n) is 5.00. The molecule has 0 aromatic carbocycles. The van der Waals surface area contributed by atoms with Gasteiger partial charge in [0.2, 0.25) is 5.91 Å². The first-order valence-electron chi connectivity index (χ1n) is 9.97. The van der Waals surface area contributed by atoms with Crippen LogP contribution in [0.3, 0.4) is 0 Å². The average Bonchev–Trinajstić information content (AvgIpc) is 2.63. The molecule has 6 nitrogen and oxygen atoms in total. The molecule has 3 aliphatic heterocycles. The summed E-state index contributed by atoms with van der Waals surface area (Å²) < 4.78 is 63.2. The fourth-order valence-electron chi connectivity index (χ4n) is 2.48. The van der Waals surface area contributed by atoms with E-state index in [9.17, 15) is 14.7 Å². The summed E-state index contributed by atoms with van der Waals surface area (Å²) in [6, 6.07) is -0.890. The first-order chi connectivity index (χ1) is 12.5. The zero-order valence-corrected chi connectivity index (χ0v) is 12.7. The van der Waals surface area contributed by atoms with Crippen LogP contribution in [0.5, 0.6) is 0 Å². The molecule has 0 spiro atoms. The van der Waals surface area contributed by atoms with Crippen molar-refractivity contribution in [2.75, 3.05) is 32.3 Å². The van der Waals surface area contributed by atoms with Crippen LogP contribution in [0.15, 0.2) is 11.3 Å². The van der Waals surface area contributed by atoms with Crippen molar-refractivity contribution in [2.45, 2.75) is 24.2 Å². The van der Waals surface area contributed by atoms with Crippen LogP contribution in [0, 0.1) is 0 Å². The van der Waals surface area contributed by atoms with E-state index < -0.39 is 65.8 Å². The normalized spacial score (nSPS) is 45.8. The lowest BCUT2D eigenvalue weighted by Crippen LogP contribution is -2.69. The first-order valence-corrected chi connectivity index (χ1v) is 7.01. The smallest absolute Gasteiger partial charge is 0.248 e. The van der Waals surface area contributed by atoms with Crippen LogP contribution in [0.1, 0.15) is 23.7 Å². The fourth-order valence-corrected chi connectivity index (χ4v) is 3.76. The number of hydrogen-bond acceptors (Lipinski definition) is 5. The maximum atomic E-state index is 12.0. The van der Waals surface area contributed by atoms with Crippen LogP contribution < -0.4 is 10.8 Å². The number of carbonyl (C=O) groups is 2. The van der Waals surface area contributed by atoms with E-state index in [0.29, 0.717) is 0 Å². The number of carbonyl (C=O) groups excluding carboxylic acids is 2. The lowest BCUT2D eigenvalue weighted by atomic mass is 10.0. The van der Waals surface area contributed by atoms with Gasteiger partial charge in [0.05, 0.1) is 37.2 Å². The number of carboxylic acid groups (broad SMARTS) is 1. The van der Waals surface area contributed by atoms with Crippen molar-refractivity contribution < 1.29 is 30.1 Å². The third-order valence-corrected chi connectivity index (χ3v) is 4.82. The molecule has 2 N–H and O–H groups in total. The van der Waals surface area contributed by atoms with Crippen LogP contribution in [-0.2, 0) is 9.59 Å². The number of quaternary nitrogens is 1. The lowest BCUT2D eigenvalue weighted by molar-refractivity contribution is -0.893. The Hall–Kier alpha value is -0.760. The number of amides is 1. The van der Waals surface area contributed by atoms with Crippen LogP contribution in [0.25, 0.3) is 0 Å². The Morgan fingerprint density at radius 2 is 2.19 bits per heavy atom. The maximum absolute atomic E-state index is 12.0. The van der Waals surface area contributed by atoms with Crippen molar-refractivity contribution in [3.63, 3.8) is 0 Å². The molecule has 2 atom stereocenters. The van der Waals surface area contributed by atoms with Crippen molar-refractivity contribution in [3.8, 4) is 0 Å². The summed E-state index contributed by atoms with van der Waals surface area (Å²) in [6.07, 6.45) is -6.42. The molecule has 0 aliphatic carbocycles. The Balaban J connectivity index is 0.00000300. The van der Waals surface area contributed by atoms with Gasteiger partial charge >= 0.3 is 0 Å². The van der Waals surface area contributed by atoms with Crippen molar-refractivity contribution in [3.05, 3.63) is 11.3 Å².